The first-order valence-electron chi connectivity index (χ1n) is 9.80. The van der Waals surface area contributed by atoms with Crippen LogP contribution in [0.3, 0.4) is 0 Å². The summed E-state index contributed by atoms with van der Waals surface area (Å²) in [4.78, 5) is 25.9. The first-order valence-corrected chi connectivity index (χ1v) is 9.80. The van der Waals surface area contributed by atoms with Crippen LogP contribution < -0.4 is 9.47 Å². The zero-order chi connectivity index (χ0) is 19.9. The van der Waals surface area contributed by atoms with E-state index in [-0.39, 0.29) is 18.3 Å². The van der Waals surface area contributed by atoms with Gasteiger partial charge in [0, 0.05) is 19.5 Å². The van der Waals surface area contributed by atoms with E-state index in [0.717, 1.165) is 30.8 Å². The molecule has 0 aromatic heterocycles. The van der Waals surface area contributed by atoms with E-state index >= 15 is 0 Å². The largest absolute Gasteiger partial charge is 0.497 e. The van der Waals surface area contributed by atoms with Crippen LogP contribution in [0.2, 0.25) is 0 Å². The van der Waals surface area contributed by atoms with Crippen molar-refractivity contribution >= 4 is 11.9 Å². The van der Waals surface area contributed by atoms with Crippen molar-refractivity contribution in [2.24, 2.45) is 0 Å². The lowest BCUT2D eigenvalue weighted by Gasteiger charge is -2.22. The quantitative estimate of drug-likeness (QED) is 0.363. The maximum Gasteiger partial charge on any atom is 0.307 e. The third-order valence-corrected chi connectivity index (χ3v) is 4.14. The number of nitrogens with zero attached hydrogens (tertiary/aromatic N) is 1. The third-order valence-electron chi connectivity index (χ3n) is 4.14. The molecule has 0 aliphatic heterocycles. The second-order valence-corrected chi connectivity index (χ2v) is 6.27. The van der Waals surface area contributed by atoms with E-state index in [1.165, 1.54) is 0 Å². The molecular weight excluding hydrogens is 346 g/mol. The van der Waals surface area contributed by atoms with Gasteiger partial charge in [0.1, 0.15) is 11.5 Å². The van der Waals surface area contributed by atoms with Gasteiger partial charge in [-0.05, 0) is 44.0 Å². The molecule has 0 saturated carbocycles. The van der Waals surface area contributed by atoms with Crippen LogP contribution in [0.4, 0.5) is 0 Å². The summed E-state index contributed by atoms with van der Waals surface area (Å²) in [7, 11) is 1.62. The van der Waals surface area contributed by atoms with Crippen LogP contribution in [-0.2, 0) is 14.3 Å². The fourth-order valence-electron chi connectivity index (χ4n) is 2.62. The minimum atomic E-state index is -0.256. The van der Waals surface area contributed by atoms with Gasteiger partial charge in [-0.3, -0.25) is 9.59 Å². The zero-order valence-corrected chi connectivity index (χ0v) is 16.9. The van der Waals surface area contributed by atoms with Gasteiger partial charge < -0.3 is 19.1 Å². The number of hydrogen-bond acceptors (Lipinski definition) is 5. The van der Waals surface area contributed by atoms with Crippen molar-refractivity contribution in [2.45, 2.75) is 52.4 Å². The summed E-state index contributed by atoms with van der Waals surface area (Å²) in [6.45, 7) is 5.85. The van der Waals surface area contributed by atoms with Crippen molar-refractivity contribution in [1.29, 1.82) is 0 Å². The summed E-state index contributed by atoms with van der Waals surface area (Å²) >= 11 is 0. The molecule has 0 fully saturated rings. The van der Waals surface area contributed by atoms with Crippen LogP contribution in [0.25, 0.3) is 0 Å². The molecule has 27 heavy (non-hydrogen) atoms. The number of esters is 1. The van der Waals surface area contributed by atoms with E-state index < -0.39 is 0 Å². The highest BCUT2D eigenvalue weighted by atomic mass is 16.5. The molecule has 0 spiro atoms. The predicted molar refractivity (Wildman–Crippen MR) is 105 cm³/mol. The van der Waals surface area contributed by atoms with E-state index in [2.05, 4.69) is 6.92 Å². The molecule has 152 valence electrons. The number of methoxy groups -OCH3 is 1. The molecule has 0 N–H and O–H groups in total. The summed E-state index contributed by atoms with van der Waals surface area (Å²) in [5.41, 5.74) is 0. The Morgan fingerprint density at radius 2 is 1.63 bits per heavy atom. The van der Waals surface area contributed by atoms with Crippen molar-refractivity contribution in [2.75, 3.05) is 33.4 Å². The maximum absolute atomic E-state index is 12.5. The lowest BCUT2D eigenvalue weighted by Crippen LogP contribution is -2.34. The van der Waals surface area contributed by atoms with Crippen molar-refractivity contribution in [3.8, 4) is 11.5 Å². The van der Waals surface area contributed by atoms with Gasteiger partial charge in [-0.1, -0.05) is 19.8 Å². The van der Waals surface area contributed by atoms with Gasteiger partial charge in [-0.25, -0.2) is 0 Å². The predicted octanol–water partition coefficient (Wildman–Crippen LogP) is 3.83. The topological polar surface area (TPSA) is 65.1 Å². The summed E-state index contributed by atoms with van der Waals surface area (Å²) in [5.74, 6) is 1.34. The van der Waals surface area contributed by atoms with E-state index in [9.17, 15) is 9.59 Å². The smallest absolute Gasteiger partial charge is 0.307 e. The Hall–Kier alpha value is -2.24. The van der Waals surface area contributed by atoms with Gasteiger partial charge in [0.25, 0.3) is 0 Å². The highest BCUT2D eigenvalue weighted by Crippen LogP contribution is 2.17. The van der Waals surface area contributed by atoms with E-state index in [1.54, 1.807) is 18.9 Å². The second-order valence-electron chi connectivity index (χ2n) is 6.27. The minimum absolute atomic E-state index is 0.0636. The molecule has 1 rings (SSSR count). The lowest BCUT2D eigenvalue weighted by molar-refractivity contribution is -0.144. The Morgan fingerprint density at radius 1 is 0.926 bits per heavy atom. The summed E-state index contributed by atoms with van der Waals surface area (Å²) in [5, 5.41) is 0. The number of unbranched alkanes of at least 4 members (excludes halogenated alkanes) is 2. The number of ether oxygens (including phenoxy) is 3. The molecule has 0 radical (unpaired) electrons. The SMILES string of the molecule is CCCCCN(CCC(=O)OCC)C(=O)CCCOc1ccc(OC)cc1. The zero-order valence-electron chi connectivity index (χ0n) is 16.9. The van der Waals surface area contributed by atoms with Crippen molar-refractivity contribution < 1.29 is 23.8 Å². The molecular formula is C21H33NO5. The van der Waals surface area contributed by atoms with Crippen LogP contribution in [0.1, 0.15) is 52.4 Å². The average Bonchev–Trinajstić information content (AvgIpc) is 2.68. The number of carbonyl (C=O) groups excluding carboxylic acids is 2. The van der Waals surface area contributed by atoms with Crippen LogP contribution in [0.5, 0.6) is 11.5 Å². The highest BCUT2D eigenvalue weighted by Gasteiger charge is 2.15. The molecule has 1 amide bonds. The fraction of sp³-hybridized carbons (Fsp3) is 0.619. The minimum Gasteiger partial charge on any atom is -0.497 e. The number of carbonyl (C=O) groups is 2. The van der Waals surface area contributed by atoms with Gasteiger partial charge in [0.2, 0.25) is 5.91 Å². The molecule has 0 unspecified atom stereocenters. The Kier molecular flexibility index (Phi) is 11.7. The van der Waals surface area contributed by atoms with Crippen molar-refractivity contribution in [3.63, 3.8) is 0 Å². The Labute approximate surface area is 162 Å². The van der Waals surface area contributed by atoms with Gasteiger partial charge in [0.15, 0.2) is 0 Å². The highest BCUT2D eigenvalue weighted by molar-refractivity contribution is 5.77. The monoisotopic (exact) mass is 379 g/mol. The average molecular weight is 379 g/mol. The first-order chi connectivity index (χ1) is 13.1. The molecule has 0 bridgehead atoms. The molecule has 1 aromatic carbocycles. The third kappa shape index (κ3) is 9.87. The number of rotatable bonds is 14. The van der Waals surface area contributed by atoms with Gasteiger partial charge in [0.05, 0.1) is 26.7 Å². The van der Waals surface area contributed by atoms with E-state index in [4.69, 9.17) is 14.2 Å². The summed E-state index contributed by atoms with van der Waals surface area (Å²) in [6.07, 6.45) is 4.40. The van der Waals surface area contributed by atoms with Crippen LogP contribution >= 0.6 is 0 Å². The summed E-state index contributed by atoms with van der Waals surface area (Å²) in [6, 6.07) is 7.37. The van der Waals surface area contributed by atoms with Crippen molar-refractivity contribution in [3.05, 3.63) is 24.3 Å². The number of amides is 1. The molecule has 6 nitrogen and oxygen atoms in total. The number of benzene rings is 1. The van der Waals surface area contributed by atoms with Crippen LogP contribution in [-0.4, -0.2) is 50.2 Å². The van der Waals surface area contributed by atoms with Gasteiger partial charge in [-0.2, -0.15) is 0 Å². The first kappa shape index (κ1) is 22.8. The molecule has 1 aromatic rings. The maximum atomic E-state index is 12.5. The Morgan fingerprint density at radius 3 is 2.26 bits per heavy atom. The molecule has 0 saturated heterocycles. The second kappa shape index (κ2) is 13.9. The molecule has 0 aliphatic carbocycles. The van der Waals surface area contributed by atoms with E-state index in [0.29, 0.717) is 39.1 Å². The van der Waals surface area contributed by atoms with E-state index in [1.807, 2.05) is 24.3 Å². The summed E-state index contributed by atoms with van der Waals surface area (Å²) < 4.78 is 15.7. The van der Waals surface area contributed by atoms with Gasteiger partial charge in [-0.15, -0.1) is 0 Å². The normalized spacial score (nSPS) is 10.3. The molecule has 6 heteroatoms. The Bertz CT molecular complexity index is 544. The molecule has 0 atom stereocenters. The lowest BCUT2D eigenvalue weighted by atomic mass is 10.2. The molecule has 0 heterocycles. The van der Waals surface area contributed by atoms with Crippen molar-refractivity contribution in [1.82, 2.24) is 4.90 Å². The van der Waals surface area contributed by atoms with Gasteiger partial charge >= 0.3 is 5.97 Å². The standard InChI is InChI=1S/C21H33NO5/c1-4-6-7-15-22(16-14-21(24)26-5-2)20(23)9-8-17-27-19-12-10-18(25-3)11-13-19/h10-13H,4-9,14-17H2,1-3H3. The number of hydrogen-bond donors (Lipinski definition) is 0. The van der Waals surface area contributed by atoms with Crippen LogP contribution in [0.15, 0.2) is 24.3 Å². The fourth-order valence-corrected chi connectivity index (χ4v) is 2.62. The van der Waals surface area contributed by atoms with Crippen LogP contribution in [0, 0.1) is 0 Å². The Balaban J connectivity index is 2.37. The molecule has 0 aliphatic rings.